The first-order valence-electron chi connectivity index (χ1n) is 11.0. The molecule has 1 aliphatic heterocycles. The van der Waals surface area contributed by atoms with Crippen molar-refractivity contribution in [1.82, 2.24) is 25.2 Å². The number of nitrogens with zero attached hydrogens (tertiary/aromatic N) is 5. The Labute approximate surface area is 204 Å². The Balaban J connectivity index is 1.55. The van der Waals surface area contributed by atoms with Crippen LogP contribution in [0.3, 0.4) is 0 Å². The quantitative estimate of drug-likeness (QED) is 0.361. The van der Waals surface area contributed by atoms with Gasteiger partial charge in [-0.1, -0.05) is 50.2 Å². The number of amides is 2. The second kappa shape index (κ2) is 11.2. The number of carbonyl (C=O) groups excluding carboxylic acids is 2. The molecule has 2 amide bonds. The number of hydrogen-bond donors (Lipinski definition) is 1. The van der Waals surface area contributed by atoms with Crippen molar-refractivity contribution in [3.8, 4) is 0 Å². The Morgan fingerprint density at radius 1 is 1.24 bits per heavy atom. The number of rotatable bonds is 7. The Morgan fingerprint density at radius 3 is 2.70 bits per heavy atom. The summed E-state index contributed by atoms with van der Waals surface area (Å²) < 4.78 is 0. The van der Waals surface area contributed by atoms with Crippen molar-refractivity contribution in [3.05, 3.63) is 41.3 Å². The van der Waals surface area contributed by atoms with Gasteiger partial charge in [0, 0.05) is 44.4 Å². The molecule has 1 aliphatic rings. The summed E-state index contributed by atoms with van der Waals surface area (Å²) in [6.07, 6.45) is 2.22. The topological polar surface area (TPSA) is 91.3 Å². The highest BCUT2D eigenvalue weighted by atomic mass is 35.5. The lowest BCUT2D eigenvalue weighted by atomic mass is 9.91. The summed E-state index contributed by atoms with van der Waals surface area (Å²) >= 11 is 7.49. The maximum absolute atomic E-state index is 12.7. The second-order valence-electron chi connectivity index (χ2n) is 9.34. The summed E-state index contributed by atoms with van der Waals surface area (Å²) in [6.45, 7) is 10.6. The summed E-state index contributed by atoms with van der Waals surface area (Å²) in [7, 11) is 0. The summed E-state index contributed by atoms with van der Waals surface area (Å²) in [5, 5.41) is 3.62. The van der Waals surface area contributed by atoms with Crippen LogP contribution in [0.5, 0.6) is 0 Å². The van der Waals surface area contributed by atoms with Gasteiger partial charge in [-0.2, -0.15) is 0 Å². The molecule has 0 aliphatic carbocycles. The Kier molecular flexibility index (Phi) is 8.53. The van der Waals surface area contributed by atoms with Crippen molar-refractivity contribution in [2.24, 2.45) is 5.41 Å². The molecule has 0 spiro atoms. The van der Waals surface area contributed by atoms with Crippen molar-refractivity contribution in [3.63, 3.8) is 0 Å². The van der Waals surface area contributed by atoms with Crippen molar-refractivity contribution in [1.29, 1.82) is 0 Å². The fourth-order valence-electron chi connectivity index (χ4n) is 3.58. The molecule has 1 unspecified atom stereocenters. The minimum atomic E-state index is -0.129. The van der Waals surface area contributed by atoms with Gasteiger partial charge < -0.3 is 15.1 Å². The smallest absolute Gasteiger partial charge is 0.230 e. The molecule has 0 radical (unpaired) electrons. The van der Waals surface area contributed by atoms with E-state index in [1.54, 1.807) is 12.3 Å². The van der Waals surface area contributed by atoms with E-state index in [1.165, 1.54) is 11.8 Å². The molecule has 1 atom stereocenters. The highest BCUT2D eigenvalue weighted by Crippen LogP contribution is 2.26. The maximum Gasteiger partial charge on any atom is 0.230 e. The average molecular weight is 491 g/mol. The second-order valence-corrected chi connectivity index (χ2v) is 10.7. The van der Waals surface area contributed by atoms with Gasteiger partial charge in [-0.3, -0.25) is 14.6 Å². The van der Waals surface area contributed by atoms with E-state index in [9.17, 15) is 9.59 Å². The predicted molar refractivity (Wildman–Crippen MR) is 131 cm³/mol. The number of carbonyl (C=O) groups is 2. The molecule has 8 nitrogen and oxygen atoms in total. The predicted octanol–water partition coefficient (Wildman–Crippen LogP) is 3.41. The van der Waals surface area contributed by atoms with Gasteiger partial charge in [0.25, 0.3) is 0 Å². The minimum absolute atomic E-state index is 0.0376. The van der Waals surface area contributed by atoms with Crippen LogP contribution >= 0.6 is 23.4 Å². The molecule has 0 saturated carbocycles. The van der Waals surface area contributed by atoms with E-state index in [-0.39, 0.29) is 29.0 Å². The first-order valence-corrected chi connectivity index (χ1v) is 12.4. The zero-order chi connectivity index (χ0) is 24.0. The fraction of sp³-hybridized carbons (Fsp3) is 0.522. The highest BCUT2D eigenvalue weighted by molar-refractivity contribution is 7.99. The molecule has 2 aromatic rings. The van der Waals surface area contributed by atoms with Crippen LogP contribution in [0, 0.1) is 5.41 Å². The number of hydrogen-bond acceptors (Lipinski definition) is 7. The number of piperazine rings is 1. The molecule has 3 heterocycles. The van der Waals surface area contributed by atoms with Gasteiger partial charge in [-0.05, 0) is 24.5 Å². The Morgan fingerprint density at radius 2 is 2.03 bits per heavy atom. The summed E-state index contributed by atoms with van der Waals surface area (Å²) in [5.74, 6) is 0.942. The van der Waals surface area contributed by atoms with Gasteiger partial charge in [-0.15, -0.1) is 0 Å². The van der Waals surface area contributed by atoms with Crippen LogP contribution < -0.4 is 10.2 Å². The molecular formula is C23H31ClN6O2S. The van der Waals surface area contributed by atoms with Gasteiger partial charge in [0.1, 0.15) is 11.0 Å². The minimum Gasteiger partial charge on any atom is -0.353 e. The monoisotopic (exact) mass is 490 g/mol. The molecule has 33 heavy (non-hydrogen) atoms. The summed E-state index contributed by atoms with van der Waals surface area (Å²) in [5.41, 5.74) is 0.760. The third-order valence-corrected chi connectivity index (χ3v) is 6.18. The normalized spacial score (nSPS) is 16.6. The van der Waals surface area contributed by atoms with E-state index in [4.69, 9.17) is 11.6 Å². The van der Waals surface area contributed by atoms with Gasteiger partial charge in [-0.25, -0.2) is 9.97 Å². The lowest BCUT2D eigenvalue weighted by molar-refractivity contribution is -0.135. The van der Waals surface area contributed by atoms with E-state index < -0.39 is 0 Å². The summed E-state index contributed by atoms with van der Waals surface area (Å²) in [6, 6.07) is 7.37. The average Bonchev–Trinajstić information content (AvgIpc) is 2.75. The molecule has 1 fully saturated rings. The molecule has 1 N–H and O–H groups in total. The van der Waals surface area contributed by atoms with Crippen LogP contribution in [0.15, 0.2) is 35.6 Å². The maximum atomic E-state index is 12.7. The molecular weight excluding hydrogens is 460 g/mol. The number of anilines is 1. The van der Waals surface area contributed by atoms with Crippen molar-refractivity contribution in [2.75, 3.05) is 30.3 Å². The Bertz CT molecular complexity index is 969. The van der Waals surface area contributed by atoms with Crippen molar-refractivity contribution in [2.45, 2.75) is 51.9 Å². The van der Waals surface area contributed by atoms with E-state index in [0.29, 0.717) is 48.7 Å². The van der Waals surface area contributed by atoms with E-state index in [0.717, 1.165) is 5.69 Å². The van der Waals surface area contributed by atoms with Crippen molar-refractivity contribution >= 4 is 41.0 Å². The largest absolute Gasteiger partial charge is 0.353 e. The summed E-state index contributed by atoms with van der Waals surface area (Å²) in [4.78, 5) is 42.0. The van der Waals surface area contributed by atoms with Crippen LogP contribution in [0.4, 0.5) is 5.82 Å². The number of nitrogens with one attached hydrogen (secondary N) is 1. The fourth-order valence-corrected chi connectivity index (χ4v) is 4.49. The van der Waals surface area contributed by atoms with E-state index in [1.807, 2.05) is 23.1 Å². The lowest BCUT2D eigenvalue weighted by Gasteiger charge is -2.41. The number of halogens is 1. The van der Waals surface area contributed by atoms with E-state index >= 15 is 0 Å². The highest BCUT2D eigenvalue weighted by Gasteiger charge is 2.30. The molecule has 2 aromatic heterocycles. The molecule has 178 valence electrons. The third-order valence-electron chi connectivity index (χ3n) is 5.14. The lowest BCUT2D eigenvalue weighted by Crippen LogP contribution is -2.54. The molecule has 10 heteroatoms. The molecule has 0 aromatic carbocycles. The number of thioether (sulfide) groups is 1. The third kappa shape index (κ3) is 7.85. The molecule has 3 rings (SSSR count). The number of aromatic nitrogens is 3. The first-order chi connectivity index (χ1) is 15.6. The SMILES string of the molecule is CC1CN(c2cc(Cl)nc(SCC(=O)NCc3ccccn3)n2)CCN1C(=O)CC(C)(C)C. The van der Waals surface area contributed by atoms with Crippen molar-refractivity contribution < 1.29 is 9.59 Å². The molecule has 0 bridgehead atoms. The van der Waals surface area contributed by atoms with Gasteiger partial charge in [0.15, 0.2) is 5.16 Å². The van der Waals surface area contributed by atoms with Crippen LogP contribution in [0.2, 0.25) is 5.15 Å². The van der Waals surface area contributed by atoms with Gasteiger partial charge >= 0.3 is 0 Å². The first kappa shape index (κ1) is 25.2. The van der Waals surface area contributed by atoms with Crippen LogP contribution in [-0.2, 0) is 16.1 Å². The van der Waals surface area contributed by atoms with Crippen LogP contribution in [0.1, 0.15) is 39.8 Å². The molecule has 1 saturated heterocycles. The van der Waals surface area contributed by atoms with Crippen LogP contribution in [-0.4, -0.2) is 63.1 Å². The standard InChI is InChI=1S/C23H31ClN6O2S/c1-16-14-29(9-10-30(16)21(32)12-23(2,3)4)19-11-18(24)27-22(28-19)33-15-20(31)26-13-17-7-5-6-8-25-17/h5-8,11,16H,9-10,12-15H2,1-4H3,(H,26,31). The zero-order valence-electron chi connectivity index (χ0n) is 19.5. The Hall–Kier alpha value is -2.39. The van der Waals surface area contributed by atoms with E-state index in [2.05, 4.69) is 52.9 Å². The van der Waals surface area contributed by atoms with Gasteiger partial charge in [0.05, 0.1) is 18.0 Å². The van der Waals surface area contributed by atoms with Crippen LogP contribution in [0.25, 0.3) is 0 Å². The number of pyridine rings is 1. The van der Waals surface area contributed by atoms with Gasteiger partial charge in [0.2, 0.25) is 11.8 Å². The zero-order valence-corrected chi connectivity index (χ0v) is 21.1.